The van der Waals surface area contributed by atoms with Crippen LogP contribution < -0.4 is 0 Å². The van der Waals surface area contributed by atoms with E-state index >= 15 is 0 Å². The molecule has 0 saturated carbocycles. The lowest BCUT2D eigenvalue weighted by molar-refractivity contribution is -0.137. The van der Waals surface area contributed by atoms with Gasteiger partial charge in [0.15, 0.2) is 0 Å². The second kappa shape index (κ2) is 10.1. The molecule has 0 heterocycles. The number of nitrogens with zero attached hydrogens (tertiary/aromatic N) is 1. The molecule has 0 aliphatic heterocycles. The highest BCUT2D eigenvalue weighted by molar-refractivity contribution is 6.13. The fraction of sp³-hybridized carbons (Fsp3) is 0.0690. The summed E-state index contributed by atoms with van der Waals surface area (Å²) in [6, 6.07) is 34.4. The van der Waals surface area contributed by atoms with Crippen molar-refractivity contribution in [3.63, 3.8) is 0 Å². The van der Waals surface area contributed by atoms with Crippen molar-refractivity contribution < 1.29 is 13.2 Å². The van der Waals surface area contributed by atoms with Crippen molar-refractivity contribution in [2.45, 2.75) is 12.2 Å². The molecule has 0 amide bonds. The molecule has 0 saturated heterocycles. The van der Waals surface area contributed by atoms with Crippen LogP contribution in [0.15, 0.2) is 126 Å². The molecule has 0 bridgehead atoms. The fourth-order valence-electron chi connectivity index (χ4n) is 3.55. The average molecular weight is 441 g/mol. The average Bonchev–Trinajstić information content (AvgIpc) is 2.85. The zero-order chi connectivity index (χ0) is 23.1. The summed E-state index contributed by atoms with van der Waals surface area (Å²) in [4.78, 5) is 5.08. The van der Waals surface area contributed by atoms with Gasteiger partial charge in [-0.05, 0) is 23.3 Å². The predicted molar refractivity (Wildman–Crippen MR) is 128 cm³/mol. The lowest BCUT2D eigenvalue weighted by atomic mass is 10.00. The zero-order valence-electron chi connectivity index (χ0n) is 17.8. The normalized spacial score (nSPS) is 12.5. The Morgan fingerprint density at radius 2 is 1.21 bits per heavy atom. The molecule has 1 unspecified atom stereocenters. The van der Waals surface area contributed by atoms with Crippen LogP contribution in [-0.4, -0.2) is 5.71 Å². The maximum absolute atomic E-state index is 13.1. The Morgan fingerprint density at radius 3 is 1.76 bits per heavy atom. The molecule has 33 heavy (non-hydrogen) atoms. The molecule has 0 fully saturated rings. The summed E-state index contributed by atoms with van der Waals surface area (Å²) in [5.74, 6) is 0. The van der Waals surface area contributed by atoms with Crippen molar-refractivity contribution in [2.24, 2.45) is 4.99 Å². The summed E-state index contributed by atoms with van der Waals surface area (Å²) >= 11 is 0. The van der Waals surface area contributed by atoms with E-state index in [-0.39, 0.29) is 6.04 Å². The van der Waals surface area contributed by atoms with Gasteiger partial charge in [0, 0.05) is 11.1 Å². The zero-order valence-corrected chi connectivity index (χ0v) is 17.8. The highest BCUT2D eigenvalue weighted by Gasteiger charge is 2.30. The molecule has 1 nitrogen and oxygen atoms in total. The standard InChI is InChI=1S/C29H22F3N/c30-29(31,32)26-18-10-11-22(21-26)19-20-27(23-12-4-1-5-13-23)33-28(24-14-6-2-7-15-24)25-16-8-3-9-17-25/h1-21,27H/b20-19+. The maximum atomic E-state index is 13.1. The maximum Gasteiger partial charge on any atom is 0.416 e. The van der Waals surface area contributed by atoms with E-state index in [2.05, 4.69) is 0 Å². The largest absolute Gasteiger partial charge is 0.416 e. The Balaban J connectivity index is 1.79. The van der Waals surface area contributed by atoms with E-state index in [1.54, 1.807) is 12.1 Å². The Kier molecular flexibility index (Phi) is 6.84. The Labute approximate surface area is 191 Å². The SMILES string of the molecule is FC(F)(F)c1cccc(/C=C/C(N=C(c2ccccc2)c2ccccc2)c2ccccc2)c1. The van der Waals surface area contributed by atoms with Gasteiger partial charge in [-0.25, -0.2) is 0 Å². The number of aliphatic imine (C=N–C) groups is 1. The van der Waals surface area contributed by atoms with Crippen molar-refractivity contribution >= 4 is 11.8 Å². The molecule has 4 rings (SSSR count). The van der Waals surface area contributed by atoms with Crippen molar-refractivity contribution in [3.8, 4) is 0 Å². The molecule has 0 radical (unpaired) electrons. The minimum absolute atomic E-state index is 0.379. The van der Waals surface area contributed by atoms with E-state index < -0.39 is 11.7 Å². The first kappa shape index (κ1) is 22.3. The van der Waals surface area contributed by atoms with Gasteiger partial charge in [0.05, 0.1) is 17.3 Å². The number of benzene rings is 4. The van der Waals surface area contributed by atoms with Gasteiger partial charge >= 0.3 is 6.18 Å². The van der Waals surface area contributed by atoms with Gasteiger partial charge in [-0.15, -0.1) is 0 Å². The molecule has 164 valence electrons. The third kappa shape index (κ3) is 5.86. The van der Waals surface area contributed by atoms with Gasteiger partial charge in [0.1, 0.15) is 0 Å². The van der Waals surface area contributed by atoms with E-state index in [1.165, 1.54) is 6.07 Å². The van der Waals surface area contributed by atoms with Gasteiger partial charge in [-0.2, -0.15) is 13.2 Å². The second-order valence-electron chi connectivity index (χ2n) is 7.55. The first-order valence-corrected chi connectivity index (χ1v) is 10.6. The van der Waals surface area contributed by atoms with E-state index in [9.17, 15) is 13.2 Å². The second-order valence-corrected chi connectivity index (χ2v) is 7.55. The number of hydrogen-bond acceptors (Lipinski definition) is 1. The summed E-state index contributed by atoms with van der Waals surface area (Å²) in [5.41, 5.74) is 3.51. The number of halogens is 3. The summed E-state index contributed by atoms with van der Waals surface area (Å²) in [6.45, 7) is 0. The first-order valence-electron chi connectivity index (χ1n) is 10.6. The van der Waals surface area contributed by atoms with Gasteiger partial charge < -0.3 is 0 Å². The molecule has 4 heteroatoms. The molecular weight excluding hydrogens is 419 g/mol. The van der Waals surface area contributed by atoms with Crippen molar-refractivity contribution in [2.75, 3.05) is 0 Å². The molecular formula is C29H22F3N. The van der Waals surface area contributed by atoms with Crippen LogP contribution in [0.5, 0.6) is 0 Å². The van der Waals surface area contributed by atoms with Crippen LogP contribution >= 0.6 is 0 Å². The quantitative estimate of drug-likeness (QED) is 0.269. The van der Waals surface area contributed by atoms with Crippen LogP contribution in [-0.2, 0) is 6.18 Å². The van der Waals surface area contributed by atoms with E-state index in [0.717, 1.165) is 34.5 Å². The smallest absolute Gasteiger partial charge is 0.272 e. The lowest BCUT2D eigenvalue weighted by Crippen LogP contribution is -2.06. The lowest BCUT2D eigenvalue weighted by Gasteiger charge is -2.14. The van der Waals surface area contributed by atoms with Gasteiger partial charge in [0.2, 0.25) is 0 Å². The van der Waals surface area contributed by atoms with E-state index in [4.69, 9.17) is 4.99 Å². The van der Waals surface area contributed by atoms with Crippen LogP contribution in [0.3, 0.4) is 0 Å². The van der Waals surface area contributed by atoms with Crippen molar-refractivity contribution in [1.29, 1.82) is 0 Å². The molecule has 0 N–H and O–H groups in total. The van der Waals surface area contributed by atoms with E-state index in [0.29, 0.717) is 5.56 Å². The monoisotopic (exact) mass is 441 g/mol. The summed E-state index contributed by atoms with van der Waals surface area (Å²) in [6.07, 6.45) is -0.838. The Bertz CT molecular complexity index is 1190. The van der Waals surface area contributed by atoms with Crippen LogP contribution in [0.2, 0.25) is 0 Å². The topological polar surface area (TPSA) is 12.4 Å². The van der Waals surface area contributed by atoms with Crippen LogP contribution in [0.1, 0.15) is 33.9 Å². The van der Waals surface area contributed by atoms with Crippen LogP contribution in [0.25, 0.3) is 6.08 Å². The highest BCUT2D eigenvalue weighted by atomic mass is 19.4. The highest BCUT2D eigenvalue weighted by Crippen LogP contribution is 2.30. The summed E-state index contributed by atoms with van der Waals surface area (Å²) in [5, 5.41) is 0. The fourth-order valence-corrected chi connectivity index (χ4v) is 3.55. The number of rotatable bonds is 6. The summed E-state index contributed by atoms with van der Waals surface area (Å²) in [7, 11) is 0. The summed E-state index contributed by atoms with van der Waals surface area (Å²) < 4.78 is 39.4. The van der Waals surface area contributed by atoms with Crippen molar-refractivity contribution in [3.05, 3.63) is 149 Å². The molecule has 0 aliphatic carbocycles. The van der Waals surface area contributed by atoms with Crippen LogP contribution in [0, 0.1) is 0 Å². The Morgan fingerprint density at radius 1 is 0.667 bits per heavy atom. The number of alkyl halides is 3. The van der Waals surface area contributed by atoms with Gasteiger partial charge in [-0.3, -0.25) is 4.99 Å². The first-order chi connectivity index (χ1) is 16.0. The molecule has 4 aromatic rings. The predicted octanol–water partition coefficient (Wildman–Crippen LogP) is 8.00. The van der Waals surface area contributed by atoms with Crippen molar-refractivity contribution in [1.82, 2.24) is 0 Å². The minimum atomic E-state index is -4.38. The minimum Gasteiger partial charge on any atom is -0.272 e. The molecule has 0 aliphatic rings. The van der Waals surface area contributed by atoms with Gasteiger partial charge in [0.25, 0.3) is 0 Å². The molecule has 0 aromatic heterocycles. The number of hydrogen-bond donors (Lipinski definition) is 0. The molecule has 4 aromatic carbocycles. The molecule has 0 spiro atoms. The third-order valence-corrected chi connectivity index (χ3v) is 5.19. The van der Waals surface area contributed by atoms with Gasteiger partial charge in [-0.1, -0.05) is 115 Å². The Hall–Kier alpha value is -3.92. The molecule has 1 atom stereocenters. The third-order valence-electron chi connectivity index (χ3n) is 5.19. The van der Waals surface area contributed by atoms with Crippen LogP contribution in [0.4, 0.5) is 13.2 Å². The van der Waals surface area contributed by atoms with E-state index in [1.807, 2.05) is 97.1 Å².